The van der Waals surface area contributed by atoms with E-state index in [-0.39, 0.29) is 6.04 Å². The number of carboxylic acid groups (broad SMARTS) is 1. The molecular formula is C12H19N3O3S. The monoisotopic (exact) mass is 285 g/mol. The first kappa shape index (κ1) is 15.4. The van der Waals surface area contributed by atoms with Crippen LogP contribution < -0.4 is 5.32 Å². The number of hydrogen-bond acceptors (Lipinski definition) is 4. The maximum Gasteiger partial charge on any atom is 0.329 e. The predicted molar refractivity (Wildman–Crippen MR) is 73.3 cm³/mol. The molecule has 0 bridgehead atoms. The number of aromatic nitrogens is 1. The highest BCUT2D eigenvalue weighted by atomic mass is 32.1. The molecule has 0 aromatic carbocycles. The maximum atomic E-state index is 12.0. The summed E-state index contributed by atoms with van der Waals surface area (Å²) in [6.07, 6.45) is 0. The first-order chi connectivity index (χ1) is 8.66. The van der Waals surface area contributed by atoms with Crippen molar-refractivity contribution >= 4 is 23.3 Å². The van der Waals surface area contributed by atoms with Crippen LogP contribution in [0.25, 0.3) is 0 Å². The van der Waals surface area contributed by atoms with Crippen molar-refractivity contribution in [1.29, 1.82) is 0 Å². The first-order valence-electron chi connectivity index (χ1n) is 5.86. The van der Waals surface area contributed by atoms with Gasteiger partial charge in [-0.25, -0.2) is 14.6 Å². The number of carbonyl (C=O) groups excluding carboxylic acids is 1. The summed E-state index contributed by atoms with van der Waals surface area (Å²) in [4.78, 5) is 28.6. The van der Waals surface area contributed by atoms with Crippen LogP contribution in [0.4, 0.5) is 4.79 Å². The van der Waals surface area contributed by atoms with Crippen molar-refractivity contribution in [3.8, 4) is 0 Å². The highest BCUT2D eigenvalue weighted by molar-refractivity contribution is 7.09. The number of hydrogen-bond donors (Lipinski definition) is 2. The maximum absolute atomic E-state index is 12.0. The Morgan fingerprint density at radius 2 is 2.11 bits per heavy atom. The number of rotatable bonds is 4. The van der Waals surface area contributed by atoms with Gasteiger partial charge in [0.15, 0.2) is 0 Å². The van der Waals surface area contributed by atoms with Gasteiger partial charge < -0.3 is 15.3 Å². The number of urea groups is 1. The number of carbonyl (C=O) groups is 2. The van der Waals surface area contributed by atoms with Crippen molar-refractivity contribution in [3.63, 3.8) is 0 Å². The average molecular weight is 285 g/mol. The van der Waals surface area contributed by atoms with E-state index >= 15 is 0 Å². The fourth-order valence-corrected chi connectivity index (χ4v) is 2.12. The summed E-state index contributed by atoms with van der Waals surface area (Å²) < 4.78 is 0. The van der Waals surface area contributed by atoms with Crippen LogP contribution >= 0.6 is 11.3 Å². The number of amides is 2. The molecule has 1 atom stereocenters. The average Bonchev–Trinajstić information content (AvgIpc) is 2.74. The van der Waals surface area contributed by atoms with Crippen molar-refractivity contribution in [2.45, 2.75) is 39.3 Å². The molecule has 106 valence electrons. The Balaban J connectivity index is 2.72. The molecule has 2 N–H and O–H groups in total. The molecular weight excluding hydrogens is 266 g/mol. The largest absolute Gasteiger partial charge is 0.480 e. The molecule has 2 amide bonds. The molecule has 0 saturated heterocycles. The van der Waals surface area contributed by atoms with E-state index in [0.717, 1.165) is 10.7 Å². The number of nitrogens with one attached hydrogen (secondary N) is 1. The van der Waals surface area contributed by atoms with Gasteiger partial charge in [0, 0.05) is 18.1 Å². The lowest BCUT2D eigenvalue weighted by Gasteiger charge is -2.32. The van der Waals surface area contributed by atoms with Gasteiger partial charge in [0.2, 0.25) is 0 Å². The Morgan fingerprint density at radius 1 is 1.53 bits per heavy atom. The molecule has 0 fully saturated rings. The predicted octanol–water partition coefficient (Wildman–Crippen LogP) is 2.02. The normalized spacial score (nSPS) is 12.9. The fourth-order valence-electron chi connectivity index (χ4n) is 1.31. The molecule has 0 aliphatic rings. The first-order valence-corrected chi connectivity index (χ1v) is 6.74. The third-order valence-electron chi connectivity index (χ3n) is 3.01. The molecule has 0 radical (unpaired) electrons. The standard InChI is InChI=1S/C12H19N3O3S/c1-7-6-19-9(13-7)8(2)14-11(18)15(5)12(3,4)10(16)17/h6,8H,1-5H3,(H,14,18)(H,16,17). The van der Waals surface area contributed by atoms with Crippen LogP contribution in [0, 0.1) is 6.92 Å². The van der Waals surface area contributed by atoms with Crippen LogP contribution in [0.5, 0.6) is 0 Å². The summed E-state index contributed by atoms with van der Waals surface area (Å²) in [6.45, 7) is 6.66. The van der Waals surface area contributed by atoms with Crippen molar-refractivity contribution in [2.24, 2.45) is 0 Å². The van der Waals surface area contributed by atoms with Gasteiger partial charge in [0.25, 0.3) is 0 Å². The van der Waals surface area contributed by atoms with E-state index in [9.17, 15) is 9.59 Å². The van der Waals surface area contributed by atoms with E-state index in [4.69, 9.17) is 5.11 Å². The molecule has 1 rings (SSSR count). The molecule has 1 aromatic heterocycles. The van der Waals surface area contributed by atoms with Gasteiger partial charge in [0.1, 0.15) is 10.5 Å². The van der Waals surface area contributed by atoms with E-state index in [2.05, 4.69) is 10.3 Å². The molecule has 1 heterocycles. The quantitative estimate of drug-likeness (QED) is 0.886. The van der Waals surface area contributed by atoms with E-state index in [1.54, 1.807) is 0 Å². The summed E-state index contributed by atoms with van der Waals surface area (Å²) in [5.74, 6) is -1.05. The van der Waals surface area contributed by atoms with E-state index in [0.29, 0.717) is 0 Å². The topological polar surface area (TPSA) is 82.5 Å². The van der Waals surface area contributed by atoms with Crippen LogP contribution in [0.3, 0.4) is 0 Å². The van der Waals surface area contributed by atoms with Crippen LogP contribution in [-0.4, -0.2) is 39.6 Å². The number of aryl methyl sites for hydroxylation is 1. The molecule has 0 aliphatic carbocycles. The highest BCUT2D eigenvalue weighted by Crippen LogP contribution is 2.19. The van der Waals surface area contributed by atoms with Crippen LogP contribution in [-0.2, 0) is 4.79 Å². The Bertz CT molecular complexity index is 484. The molecule has 0 aliphatic heterocycles. The van der Waals surface area contributed by atoms with Gasteiger partial charge >= 0.3 is 12.0 Å². The van der Waals surface area contributed by atoms with Crippen molar-refractivity contribution < 1.29 is 14.7 Å². The number of nitrogens with zero attached hydrogens (tertiary/aromatic N) is 2. The summed E-state index contributed by atoms with van der Waals surface area (Å²) in [5.41, 5.74) is -0.358. The molecule has 19 heavy (non-hydrogen) atoms. The van der Waals surface area contributed by atoms with Crippen LogP contribution in [0.1, 0.15) is 37.5 Å². The summed E-state index contributed by atoms with van der Waals surface area (Å²) in [6, 6.07) is -0.689. The zero-order valence-electron chi connectivity index (χ0n) is 11.7. The summed E-state index contributed by atoms with van der Waals surface area (Å²) in [5, 5.41) is 14.5. The van der Waals surface area contributed by atoms with Gasteiger partial charge in [-0.15, -0.1) is 11.3 Å². The lowest BCUT2D eigenvalue weighted by Crippen LogP contribution is -2.54. The third-order valence-corrected chi connectivity index (χ3v) is 4.16. The number of carboxylic acids is 1. The Kier molecular flexibility index (Phi) is 4.52. The van der Waals surface area contributed by atoms with Gasteiger partial charge in [-0.1, -0.05) is 0 Å². The van der Waals surface area contributed by atoms with Crippen LogP contribution in [0.2, 0.25) is 0 Å². The molecule has 6 nitrogen and oxygen atoms in total. The van der Waals surface area contributed by atoms with Gasteiger partial charge in [-0.3, -0.25) is 0 Å². The second-order valence-corrected chi connectivity index (χ2v) is 5.81. The van der Waals surface area contributed by atoms with Crippen molar-refractivity contribution in [3.05, 3.63) is 16.1 Å². The van der Waals surface area contributed by atoms with Crippen molar-refractivity contribution in [2.75, 3.05) is 7.05 Å². The SMILES string of the molecule is Cc1csc(C(C)NC(=O)N(C)C(C)(C)C(=O)O)n1. The lowest BCUT2D eigenvalue weighted by atomic mass is 10.1. The summed E-state index contributed by atoms with van der Waals surface area (Å²) in [7, 11) is 1.46. The fraction of sp³-hybridized carbons (Fsp3) is 0.583. The molecule has 0 spiro atoms. The number of likely N-dealkylation sites (N-methyl/N-ethyl adjacent to an activating group) is 1. The Hall–Kier alpha value is -1.63. The smallest absolute Gasteiger partial charge is 0.329 e. The number of thiazole rings is 1. The second kappa shape index (κ2) is 5.56. The van der Waals surface area contributed by atoms with Gasteiger partial charge in [-0.05, 0) is 27.7 Å². The number of aliphatic carboxylic acids is 1. The van der Waals surface area contributed by atoms with E-state index < -0.39 is 17.5 Å². The second-order valence-electron chi connectivity index (χ2n) is 4.92. The molecule has 1 aromatic rings. The van der Waals surface area contributed by atoms with Crippen LogP contribution in [0.15, 0.2) is 5.38 Å². The minimum atomic E-state index is -1.26. The van der Waals surface area contributed by atoms with Gasteiger partial charge in [-0.2, -0.15) is 0 Å². The molecule has 7 heteroatoms. The highest BCUT2D eigenvalue weighted by Gasteiger charge is 2.35. The van der Waals surface area contributed by atoms with Crippen molar-refractivity contribution in [1.82, 2.24) is 15.2 Å². The van der Waals surface area contributed by atoms with E-state index in [1.165, 1.54) is 37.1 Å². The minimum absolute atomic E-state index is 0.252. The lowest BCUT2D eigenvalue weighted by molar-refractivity contribution is -0.146. The Morgan fingerprint density at radius 3 is 2.53 bits per heavy atom. The van der Waals surface area contributed by atoms with E-state index in [1.807, 2.05) is 19.2 Å². The zero-order chi connectivity index (χ0) is 14.8. The zero-order valence-corrected chi connectivity index (χ0v) is 12.5. The van der Waals surface area contributed by atoms with Gasteiger partial charge in [0.05, 0.1) is 6.04 Å². The third kappa shape index (κ3) is 3.44. The summed E-state index contributed by atoms with van der Waals surface area (Å²) >= 11 is 1.46. The minimum Gasteiger partial charge on any atom is -0.480 e. The molecule has 1 unspecified atom stereocenters. The molecule has 0 saturated carbocycles. The Labute approximate surface area is 116 Å².